The summed E-state index contributed by atoms with van der Waals surface area (Å²) >= 11 is 0. The van der Waals surface area contributed by atoms with E-state index in [0.29, 0.717) is 6.61 Å². The molecule has 0 aromatic heterocycles. The molecule has 3 fully saturated rings. The minimum absolute atomic E-state index is 0.00463. The van der Waals surface area contributed by atoms with Gasteiger partial charge >= 0.3 is 5.97 Å². The standard InChI is InChI=1S/C15H22O3/c1-8(2)15(17)6-5-14(4)9(3)11-12(15)10(14)7-18-13(11)16/h8,10-12,17H,3,5-7H2,1-2,4H3/t10-,11-,12-,14-,15-/m0/s1. The SMILES string of the molecule is C=C1[C@@H]2C(=O)OC[C@H]3[C@@H]2[C@@](O)(C(C)C)CC[C@@]13C. The molecule has 18 heavy (non-hydrogen) atoms. The maximum absolute atomic E-state index is 12.1. The summed E-state index contributed by atoms with van der Waals surface area (Å²) in [4.78, 5) is 12.1. The molecule has 2 saturated carbocycles. The Hall–Kier alpha value is -0.830. The van der Waals surface area contributed by atoms with Crippen LogP contribution in [0.3, 0.4) is 0 Å². The molecule has 1 N–H and O–H groups in total. The Kier molecular flexibility index (Phi) is 2.30. The number of carbonyl (C=O) groups is 1. The Bertz CT molecular complexity index is 427. The molecular weight excluding hydrogens is 228 g/mol. The molecule has 0 aromatic carbocycles. The van der Waals surface area contributed by atoms with E-state index >= 15 is 0 Å². The monoisotopic (exact) mass is 250 g/mol. The molecule has 1 aliphatic heterocycles. The van der Waals surface area contributed by atoms with E-state index in [4.69, 9.17) is 4.74 Å². The van der Waals surface area contributed by atoms with Crippen molar-refractivity contribution in [3.05, 3.63) is 12.2 Å². The number of aliphatic hydroxyl groups is 1. The van der Waals surface area contributed by atoms with E-state index in [1.54, 1.807) is 0 Å². The van der Waals surface area contributed by atoms with Crippen LogP contribution in [-0.4, -0.2) is 23.3 Å². The summed E-state index contributed by atoms with van der Waals surface area (Å²) in [6.07, 6.45) is 1.68. The van der Waals surface area contributed by atoms with Crippen molar-refractivity contribution in [2.45, 2.75) is 39.2 Å². The fourth-order valence-corrected chi connectivity index (χ4v) is 4.56. The Morgan fingerprint density at radius 2 is 2.11 bits per heavy atom. The molecule has 0 unspecified atom stereocenters. The van der Waals surface area contributed by atoms with Crippen LogP contribution >= 0.6 is 0 Å². The van der Waals surface area contributed by atoms with Gasteiger partial charge < -0.3 is 9.84 Å². The van der Waals surface area contributed by atoms with Crippen LogP contribution in [0, 0.1) is 29.1 Å². The van der Waals surface area contributed by atoms with Gasteiger partial charge in [0.2, 0.25) is 0 Å². The molecule has 0 spiro atoms. The number of esters is 1. The first-order valence-electron chi connectivity index (χ1n) is 6.90. The molecule has 1 saturated heterocycles. The van der Waals surface area contributed by atoms with Crippen LogP contribution in [-0.2, 0) is 9.53 Å². The minimum atomic E-state index is -0.742. The third-order valence-corrected chi connectivity index (χ3v) is 6.00. The van der Waals surface area contributed by atoms with Gasteiger partial charge in [0.1, 0.15) is 0 Å². The van der Waals surface area contributed by atoms with Crippen molar-refractivity contribution in [2.75, 3.05) is 6.61 Å². The van der Waals surface area contributed by atoms with Gasteiger partial charge in [-0.15, -0.1) is 0 Å². The molecule has 3 rings (SSSR count). The summed E-state index contributed by atoms with van der Waals surface area (Å²) in [6, 6.07) is 0. The van der Waals surface area contributed by atoms with Gasteiger partial charge in [-0.2, -0.15) is 0 Å². The van der Waals surface area contributed by atoms with Gasteiger partial charge in [0, 0.05) is 11.8 Å². The predicted octanol–water partition coefficient (Wildman–Crippen LogP) is 2.15. The van der Waals surface area contributed by atoms with E-state index in [9.17, 15) is 9.90 Å². The number of cyclic esters (lactones) is 1. The smallest absolute Gasteiger partial charge is 0.313 e. The second kappa shape index (κ2) is 3.38. The highest BCUT2D eigenvalue weighted by atomic mass is 16.5. The largest absolute Gasteiger partial charge is 0.465 e. The van der Waals surface area contributed by atoms with Crippen LogP contribution in [0.2, 0.25) is 0 Å². The summed E-state index contributed by atoms with van der Waals surface area (Å²) in [7, 11) is 0. The molecule has 2 aliphatic carbocycles. The predicted molar refractivity (Wildman–Crippen MR) is 67.7 cm³/mol. The number of rotatable bonds is 1. The minimum Gasteiger partial charge on any atom is -0.465 e. The second-order valence-corrected chi connectivity index (χ2v) is 6.83. The maximum Gasteiger partial charge on any atom is 0.313 e. The lowest BCUT2D eigenvalue weighted by Crippen LogP contribution is -2.56. The van der Waals surface area contributed by atoms with Gasteiger partial charge in [0.15, 0.2) is 0 Å². The van der Waals surface area contributed by atoms with Crippen LogP contribution < -0.4 is 0 Å². The van der Waals surface area contributed by atoms with Crippen LogP contribution in [0.4, 0.5) is 0 Å². The number of hydrogen-bond donors (Lipinski definition) is 1. The van der Waals surface area contributed by atoms with Crippen molar-refractivity contribution in [3.63, 3.8) is 0 Å². The second-order valence-electron chi connectivity index (χ2n) is 6.83. The van der Waals surface area contributed by atoms with Crippen molar-refractivity contribution in [1.29, 1.82) is 0 Å². The molecule has 3 aliphatic rings. The van der Waals surface area contributed by atoms with E-state index in [1.165, 1.54) is 0 Å². The maximum atomic E-state index is 12.1. The molecule has 5 atom stereocenters. The molecule has 4 bridgehead atoms. The highest BCUT2D eigenvalue weighted by Crippen LogP contribution is 2.66. The molecule has 0 radical (unpaired) electrons. The third kappa shape index (κ3) is 1.16. The summed E-state index contributed by atoms with van der Waals surface area (Å²) in [5.74, 6) is -0.0534. The average Bonchev–Trinajstić information content (AvgIpc) is 2.42. The van der Waals surface area contributed by atoms with Gasteiger partial charge in [-0.3, -0.25) is 4.79 Å². The van der Waals surface area contributed by atoms with E-state index < -0.39 is 5.60 Å². The van der Waals surface area contributed by atoms with Crippen LogP contribution in [0.1, 0.15) is 33.6 Å². The molecule has 0 aromatic rings. The van der Waals surface area contributed by atoms with Gasteiger partial charge in [-0.25, -0.2) is 0 Å². The first-order chi connectivity index (χ1) is 8.32. The molecule has 0 amide bonds. The van der Waals surface area contributed by atoms with Gasteiger partial charge in [-0.1, -0.05) is 32.9 Å². The molecule has 1 heterocycles. The zero-order valence-corrected chi connectivity index (χ0v) is 11.4. The van der Waals surface area contributed by atoms with Crippen LogP contribution in [0.5, 0.6) is 0 Å². The quantitative estimate of drug-likeness (QED) is 0.573. The number of hydrogen-bond acceptors (Lipinski definition) is 3. The van der Waals surface area contributed by atoms with Crippen LogP contribution in [0.25, 0.3) is 0 Å². The first kappa shape index (κ1) is 12.2. The summed E-state index contributed by atoms with van der Waals surface area (Å²) < 4.78 is 5.30. The van der Waals surface area contributed by atoms with Crippen molar-refractivity contribution in [3.8, 4) is 0 Å². The lowest BCUT2D eigenvalue weighted by molar-refractivity contribution is -0.184. The normalized spacial score (nSPS) is 50.6. The molecule has 100 valence electrons. The summed E-state index contributed by atoms with van der Waals surface area (Å²) in [6.45, 7) is 10.9. The molecular formula is C15H22O3. The van der Waals surface area contributed by atoms with Gasteiger partial charge in [0.25, 0.3) is 0 Å². The third-order valence-electron chi connectivity index (χ3n) is 6.00. The highest BCUT2D eigenvalue weighted by Gasteiger charge is 2.68. The first-order valence-corrected chi connectivity index (χ1v) is 6.90. The number of ether oxygens (including phenoxy) is 1. The Morgan fingerprint density at radius 1 is 1.44 bits per heavy atom. The van der Waals surface area contributed by atoms with Gasteiger partial charge in [-0.05, 0) is 24.2 Å². The number of carbonyl (C=O) groups excluding carboxylic acids is 1. The fourth-order valence-electron chi connectivity index (χ4n) is 4.56. The summed E-state index contributed by atoms with van der Waals surface area (Å²) in [5, 5.41) is 11.0. The Balaban J connectivity index is 2.13. The van der Waals surface area contributed by atoms with E-state index in [1.807, 2.05) is 13.8 Å². The van der Waals surface area contributed by atoms with Crippen LogP contribution in [0.15, 0.2) is 12.2 Å². The van der Waals surface area contributed by atoms with E-state index in [0.717, 1.165) is 18.4 Å². The van der Waals surface area contributed by atoms with Crippen molar-refractivity contribution < 1.29 is 14.6 Å². The van der Waals surface area contributed by atoms with E-state index in [-0.39, 0.29) is 35.1 Å². The topological polar surface area (TPSA) is 46.5 Å². The highest BCUT2D eigenvalue weighted by molar-refractivity contribution is 5.79. The average molecular weight is 250 g/mol. The van der Waals surface area contributed by atoms with Crippen molar-refractivity contribution in [1.82, 2.24) is 0 Å². The van der Waals surface area contributed by atoms with Gasteiger partial charge in [0.05, 0.1) is 18.1 Å². The lowest BCUT2D eigenvalue weighted by Gasteiger charge is -2.50. The lowest BCUT2D eigenvalue weighted by atomic mass is 9.58. The Labute approximate surface area is 108 Å². The van der Waals surface area contributed by atoms with Crippen molar-refractivity contribution >= 4 is 5.97 Å². The zero-order valence-electron chi connectivity index (χ0n) is 11.4. The van der Waals surface area contributed by atoms with Crippen molar-refractivity contribution in [2.24, 2.45) is 29.1 Å². The van der Waals surface area contributed by atoms with E-state index in [2.05, 4.69) is 13.5 Å². The summed E-state index contributed by atoms with van der Waals surface area (Å²) in [5.41, 5.74) is 0.229. The zero-order chi connectivity index (χ0) is 13.3. The molecule has 3 heteroatoms. The Morgan fingerprint density at radius 3 is 2.72 bits per heavy atom. The molecule has 3 nitrogen and oxygen atoms in total. The fraction of sp³-hybridized carbons (Fsp3) is 0.800.